The van der Waals surface area contributed by atoms with Crippen molar-refractivity contribution in [2.75, 3.05) is 0 Å². The fourth-order valence-corrected chi connectivity index (χ4v) is 7.53. The highest BCUT2D eigenvalue weighted by Gasteiger charge is 2.39. The molecule has 0 spiro atoms. The van der Waals surface area contributed by atoms with Crippen LogP contribution in [0.15, 0.2) is 12.1 Å². The third-order valence-electron chi connectivity index (χ3n) is 9.38. The highest BCUT2D eigenvalue weighted by Crippen LogP contribution is 2.50. The SMILES string of the molecule is CCCCCCC1CCC2CC(C3CCC(c4cc(F)c(OC(F)(F)F)c(F)c4)CC3)CCC2C1. The topological polar surface area (TPSA) is 9.23 Å². The number of unbranched alkanes of at least 4 members (excludes halogenated alkanes) is 3. The molecule has 1 aromatic rings. The predicted octanol–water partition coefficient (Wildman–Crippen LogP) is 9.94. The molecule has 0 amide bonds. The first-order valence-corrected chi connectivity index (χ1v) is 14.0. The lowest BCUT2D eigenvalue weighted by atomic mass is 9.60. The first kappa shape index (κ1) is 26.7. The van der Waals surface area contributed by atoms with Crippen LogP contribution in [0.5, 0.6) is 5.75 Å². The highest BCUT2D eigenvalue weighted by atomic mass is 19.4. The first-order valence-electron chi connectivity index (χ1n) is 14.0. The summed E-state index contributed by atoms with van der Waals surface area (Å²) in [7, 11) is 0. The molecule has 35 heavy (non-hydrogen) atoms. The number of rotatable bonds is 8. The molecule has 6 heteroatoms. The summed E-state index contributed by atoms with van der Waals surface area (Å²) in [4.78, 5) is 0. The van der Waals surface area contributed by atoms with Crippen LogP contribution >= 0.6 is 0 Å². The number of hydrogen-bond acceptors (Lipinski definition) is 1. The quantitative estimate of drug-likeness (QED) is 0.255. The zero-order valence-electron chi connectivity index (χ0n) is 21.0. The van der Waals surface area contributed by atoms with Gasteiger partial charge in [0.15, 0.2) is 11.6 Å². The summed E-state index contributed by atoms with van der Waals surface area (Å²) in [6.45, 7) is 2.27. The molecule has 0 radical (unpaired) electrons. The van der Waals surface area contributed by atoms with Crippen LogP contribution in [0.3, 0.4) is 0 Å². The Morgan fingerprint density at radius 3 is 1.94 bits per heavy atom. The van der Waals surface area contributed by atoms with E-state index in [1.165, 1.54) is 70.6 Å². The molecule has 0 saturated heterocycles. The van der Waals surface area contributed by atoms with E-state index in [0.29, 0.717) is 11.5 Å². The Hall–Kier alpha value is -1.33. The van der Waals surface area contributed by atoms with E-state index in [1.807, 2.05) is 0 Å². The second-order valence-corrected chi connectivity index (χ2v) is 11.6. The van der Waals surface area contributed by atoms with E-state index < -0.39 is 23.7 Å². The van der Waals surface area contributed by atoms with E-state index in [9.17, 15) is 22.0 Å². The third kappa shape index (κ3) is 7.13. The number of hydrogen-bond donors (Lipinski definition) is 0. The number of halogens is 5. The van der Waals surface area contributed by atoms with E-state index in [0.717, 1.165) is 61.5 Å². The fourth-order valence-electron chi connectivity index (χ4n) is 7.53. The molecule has 0 aromatic heterocycles. The molecule has 3 fully saturated rings. The number of fused-ring (bicyclic) bond motifs is 1. The predicted molar refractivity (Wildman–Crippen MR) is 128 cm³/mol. The Kier molecular flexibility index (Phi) is 9.02. The minimum atomic E-state index is -5.12. The maximum atomic E-state index is 14.2. The van der Waals surface area contributed by atoms with Crippen molar-refractivity contribution in [2.45, 2.75) is 116 Å². The van der Waals surface area contributed by atoms with Gasteiger partial charge in [0.2, 0.25) is 5.75 Å². The van der Waals surface area contributed by atoms with E-state index in [4.69, 9.17) is 0 Å². The molecule has 3 aliphatic rings. The maximum Gasteiger partial charge on any atom is 0.573 e. The number of alkyl halides is 3. The van der Waals surface area contributed by atoms with Crippen LogP contribution in [0.25, 0.3) is 0 Å². The molecule has 0 N–H and O–H groups in total. The summed E-state index contributed by atoms with van der Waals surface area (Å²) in [5.74, 6) is 0.234. The lowest BCUT2D eigenvalue weighted by Gasteiger charge is -2.45. The summed E-state index contributed by atoms with van der Waals surface area (Å²) >= 11 is 0. The van der Waals surface area contributed by atoms with Gasteiger partial charge in [-0.25, -0.2) is 8.78 Å². The summed E-state index contributed by atoms with van der Waals surface area (Å²) < 4.78 is 69.2. The molecule has 3 saturated carbocycles. The Morgan fingerprint density at radius 1 is 0.743 bits per heavy atom. The minimum absolute atomic E-state index is 0.00493. The van der Waals surface area contributed by atoms with Crippen LogP contribution < -0.4 is 4.74 Å². The van der Waals surface area contributed by atoms with Crippen LogP contribution in [0, 0.1) is 41.2 Å². The van der Waals surface area contributed by atoms with Gasteiger partial charge in [-0.05, 0) is 111 Å². The normalized spacial score (nSPS) is 31.7. The average Bonchev–Trinajstić information content (AvgIpc) is 2.83. The second-order valence-electron chi connectivity index (χ2n) is 11.6. The number of benzene rings is 1. The average molecular weight is 501 g/mol. The summed E-state index contributed by atoms with van der Waals surface area (Å²) in [5.41, 5.74) is 0.453. The lowest BCUT2D eigenvalue weighted by Crippen LogP contribution is -2.34. The van der Waals surface area contributed by atoms with Gasteiger partial charge < -0.3 is 4.74 Å². The molecule has 0 heterocycles. The van der Waals surface area contributed by atoms with Gasteiger partial charge in [0.25, 0.3) is 0 Å². The molecule has 0 bridgehead atoms. The minimum Gasteiger partial charge on any atom is -0.399 e. The molecule has 3 aliphatic carbocycles. The van der Waals surface area contributed by atoms with Crippen molar-refractivity contribution >= 4 is 0 Å². The molecule has 4 atom stereocenters. The van der Waals surface area contributed by atoms with E-state index in [-0.39, 0.29) is 5.92 Å². The monoisotopic (exact) mass is 500 g/mol. The third-order valence-corrected chi connectivity index (χ3v) is 9.38. The van der Waals surface area contributed by atoms with Crippen molar-refractivity contribution in [3.63, 3.8) is 0 Å². The lowest BCUT2D eigenvalue weighted by molar-refractivity contribution is -0.276. The Balaban J connectivity index is 1.25. The van der Waals surface area contributed by atoms with Crippen molar-refractivity contribution < 1.29 is 26.7 Å². The first-order chi connectivity index (χ1) is 16.7. The Morgan fingerprint density at radius 2 is 1.31 bits per heavy atom. The summed E-state index contributed by atoms with van der Waals surface area (Å²) in [6.07, 6.45) is 13.7. The van der Waals surface area contributed by atoms with Gasteiger partial charge in [-0.2, -0.15) is 0 Å². The highest BCUT2D eigenvalue weighted by molar-refractivity contribution is 5.33. The summed E-state index contributed by atoms with van der Waals surface area (Å²) in [5, 5.41) is 0. The molecule has 198 valence electrons. The van der Waals surface area contributed by atoms with Crippen molar-refractivity contribution in [1.29, 1.82) is 0 Å². The standard InChI is InChI=1S/C29H41F5O/c1-2-3-4-5-6-19-7-8-24-16-23(14-13-22(24)15-19)20-9-11-21(12-10-20)25-17-26(30)28(27(31)18-25)35-29(32,33)34/h17-24H,2-16H2,1H3. The van der Waals surface area contributed by atoms with Crippen molar-refractivity contribution in [3.8, 4) is 5.75 Å². The second kappa shape index (κ2) is 11.8. The van der Waals surface area contributed by atoms with Crippen LogP contribution in [0.4, 0.5) is 22.0 Å². The Bertz CT molecular complexity index is 791. The zero-order chi connectivity index (χ0) is 25.0. The molecule has 0 aliphatic heterocycles. The summed E-state index contributed by atoms with van der Waals surface area (Å²) in [6, 6.07) is 2.06. The van der Waals surface area contributed by atoms with E-state index in [2.05, 4.69) is 11.7 Å². The van der Waals surface area contributed by atoms with Gasteiger partial charge in [0.05, 0.1) is 0 Å². The van der Waals surface area contributed by atoms with E-state index in [1.54, 1.807) is 0 Å². The molecule has 4 unspecified atom stereocenters. The smallest absolute Gasteiger partial charge is 0.399 e. The Labute approximate surface area is 207 Å². The van der Waals surface area contributed by atoms with Gasteiger partial charge >= 0.3 is 6.36 Å². The fraction of sp³-hybridized carbons (Fsp3) is 0.793. The van der Waals surface area contributed by atoms with Crippen LogP contribution in [-0.4, -0.2) is 6.36 Å². The van der Waals surface area contributed by atoms with Gasteiger partial charge in [-0.15, -0.1) is 13.2 Å². The van der Waals surface area contributed by atoms with Gasteiger partial charge in [-0.1, -0.05) is 45.4 Å². The maximum absolute atomic E-state index is 14.2. The zero-order valence-corrected chi connectivity index (χ0v) is 21.0. The van der Waals surface area contributed by atoms with Gasteiger partial charge in [0.1, 0.15) is 0 Å². The molecular weight excluding hydrogens is 459 g/mol. The number of ether oxygens (including phenoxy) is 1. The molecule has 4 rings (SSSR count). The van der Waals surface area contributed by atoms with Crippen molar-refractivity contribution in [1.82, 2.24) is 0 Å². The van der Waals surface area contributed by atoms with Crippen molar-refractivity contribution in [3.05, 3.63) is 29.3 Å². The van der Waals surface area contributed by atoms with Gasteiger partial charge in [-0.3, -0.25) is 0 Å². The molecular formula is C29H41F5O. The van der Waals surface area contributed by atoms with Crippen LogP contribution in [0.1, 0.15) is 115 Å². The van der Waals surface area contributed by atoms with E-state index >= 15 is 0 Å². The van der Waals surface area contributed by atoms with Crippen LogP contribution in [0.2, 0.25) is 0 Å². The van der Waals surface area contributed by atoms with Gasteiger partial charge in [0, 0.05) is 0 Å². The largest absolute Gasteiger partial charge is 0.573 e. The molecule has 1 nitrogen and oxygen atoms in total. The molecule has 1 aromatic carbocycles. The van der Waals surface area contributed by atoms with Crippen LogP contribution in [-0.2, 0) is 0 Å². The van der Waals surface area contributed by atoms with Crippen molar-refractivity contribution in [2.24, 2.45) is 29.6 Å².